The van der Waals surface area contributed by atoms with Crippen LogP contribution in [0.15, 0.2) is 54.6 Å². The smallest absolute Gasteiger partial charge is 0.0476 e. The van der Waals surface area contributed by atoms with Gasteiger partial charge in [0.15, 0.2) is 0 Å². The van der Waals surface area contributed by atoms with Gasteiger partial charge in [0.1, 0.15) is 0 Å². The van der Waals surface area contributed by atoms with E-state index in [0.29, 0.717) is 12.6 Å². The van der Waals surface area contributed by atoms with E-state index in [2.05, 4.69) is 80.3 Å². The summed E-state index contributed by atoms with van der Waals surface area (Å²) < 4.78 is 0. The maximum atomic E-state index is 6.09. The Balaban J connectivity index is 2.24. The van der Waals surface area contributed by atoms with Crippen molar-refractivity contribution < 1.29 is 0 Å². The molecule has 2 heteroatoms. The summed E-state index contributed by atoms with van der Waals surface area (Å²) in [6, 6.07) is 20.0. The number of benzene rings is 2. The zero-order chi connectivity index (χ0) is 15.2. The van der Waals surface area contributed by atoms with E-state index in [1.165, 1.54) is 16.7 Å². The fourth-order valence-corrected chi connectivity index (χ4v) is 2.70. The average molecular weight is 282 g/mol. The Morgan fingerprint density at radius 1 is 0.952 bits per heavy atom. The molecule has 2 nitrogen and oxygen atoms in total. The van der Waals surface area contributed by atoms with Crippen molar-refractivity contribution in [3.8, 4) is 0 Å². The minimum absolute atomic E-state index is 0.255. The molecule has 1 unspecified atom stereocenters. The van der Waals surface area contributed by atoms with Crippen LogP contribution in [0.5, 0.6) is 0 Å². The van der Waals surface area contributed by atoms with E-state index in [4.69, 9.17) is 5.73 Å². The Bertz CT molecular complexity index is 531. The van der Waals surface area contributed by atoms with Gasteiger partial charge in [-0.05, 0) is 31.9 Å². The molecule has 0 fully saturated rings. The highest BCUT2D eigenvalue weighted by Gasteiger charge is 2.21. The first-order valence-corrected chi connectivity index (χ1v) is 7.68. The molecule has 0 bridgehead atoms. The van der Waals surface area contributed by atoms with Crippen molar-refractivity contribution in [2.45, 2.75) is 39.4 Å². The van der Waals surface area contributed by atoms with Crippen molar-refractivity contribution in [1.82, 2.24) is 4.90 Å². The number of nitrogens with two attached hydrogens (primary N) is 1. The molecule has 1 atom stereocenters. The molecule has 0 aromatic heterocycles. The lowest BCUT2D eigenvalue weighted by Gasteiger charge is -2.35. The topological polar surface area (TPSA) is 29.3 Å². The van der Waals surface area contributed by atoms with Crippen molar-refractivity contribution in [3.05, 3.63) is 71.3 Å². The second-order valence-corrected chi connectivity index (χ2v) is 5.91. The molecule has 2 rings (SSSR count). The van der Waals surface area contributed by atoms with Gasteiger partial charge in [0.2, 0.25) is 0 Å². The first-order chi connectivity index (χ1) is 10.1. The minimum atomic E-state index is 0.255. The van der Waals surface area contributed by atoms with E-state index in [9.17, 15) is 0 Å². The van der Waals surface area contributed by atoms with Crippen molar-refractivity contribution >= 4 is 0 Å². The van der Waals surface area contributed by atoms with Gasteiger partial charge < -0.3 is 5.73 Å². The molecule has 2 aromatic carbocycles. The summed E-state index contributed by atoms with van der Waals surface area (Å²) in [4.78, 5) is 2.47. The standard InChI is InChI=1S/C19H26N2/c1-15(2)21(14-17-7-5-4-6-8-17)19(13-20)18-11-9-16(3)10-12-18/h4-12,15,19H,13-14,20H2,1-3H3. The molecule has 21 heavy (non-hydrogen) atoms. The predicted molar refractivity (Wildman–Crippen MR) is 90.1 cm³/mol. The zero-order valence-corrected chi connectivity index (χ0v) is 13.3. The molecule has 0 saturated heterocycles. The van der Waals surface area contributed by atoms with E-state index >= 15 is 0 Å². The molecule has 2 aromatic rings. The number of rotatable bonds is 6. The third-order valence-corrected chi connectivity index (χ3v) is 3.96. The van der Waals surface area contributed by atoms with Gasteiger partial charge in [-0.2, -0.15) is 0 Å². The second-order valence-electron chi connectivity index (χ2n) is 5.91. The van der Waals surface area contributed by atoms with Gasteiger partial charge in [-0.3, -0.25) is 4.90 Å². The van der Waals surface area contributed by atoms with Crippen LogP contribution < -0.4 is 5.73 Å². The van der Waals surface area contributed by atoms with E-state index < -0.39 is 0 Å². The lowest BCUT2D eigenvalue weighted by Crippen LogP contribution is -2.38. The molecule has 112 valence electrons. The van der Waals surface area contributed by atoms with Crippen LogP contribution in [-0.2, 0) is 6.54 Å². The fourth-order valence-electron chi connectivity index (χ4n) is 2.70. The Hall–Kier alpha value is -1.64. The summed E-state index contributed by atoms with van der Waals surface area (Å²) in [5.74, 6) is 0. The first kappa shape index (κ1) is 15.7. The summed E-state index contributed by atoms with van der Waals surface area (Å²) in [6.45, 7) is 8.15. The van der Waals surface area contributed by atoms with Gasteiger partial charge in [0.05, 0.1) is 0 Å². The third kappa shape index (κ3) is 4.16. The Morgan fingerprint density at radius 2 is 1.57 bits per heavy atom. The largest absolute Gasteiger partial charge is 0.329 e. The molecule has 0 aliphatic carbocycles. The zero-order valence-electron chi connectivity index (χ0n) is 13.3. The highest BCUT2D eigenvalue weighted by molar-refractivity contribution is 5.25. The van der Waals surface area contributed by atoms with Gasteiger partial charge in [0.25, 0.3) is 0 Å². The molecule has 0 aliphatic heterocycles. The van der Waals surface area contributed by atoms with Crippen LogP contribution in [0, 0.1) is 6.92 Å². The monoisotopic (exact) mass is 282 g/mol. The lowest BCUT2D eigenvalue weighted by atomic mass is 10.0. The maximum Gasteiger partial charge on any atom is 0.0476 e. The predicted octanol–water partition coefficient (Wildman–Crippen LogP) is 3.91. The van der Waals surface area contributed by atoms with Gasteiger partial charge in [-0.1, -0.05) is 60.2 Å². The van der Waals surface area contributed by atoms with Crippen molar-refractivity contribution in [1.29, 1.82) is 0 Å². The summed E-state index contributed by atoms with van der Waals surface area (Å²) in [5, 5.41) is 0. The highest BCUT2D eigenvalue weighted by Crippen LogP contribution is 2.24. The van der Waals surface area contributed by atoms with Gasteiger partial charge >= 0.3 is 0 Å². The number of aryl methyl sites for hydroxylation is 1. The van der Waals surface area contributed by atoms with Crippen LogP contribution >= 0.6 is 0 Å². The molecule has 0 aliphatic rings. The van der Waals surface area contributed by atoms with Crippen molar-refractivity contribution in [3.63, 3.8) is 0 Å². The molecule has 0 saturated carbocycles. The van der Waals surface area contributed by atoms with Gasteiger partial charge in [-0.25, -0.2) is 0 Å². The SMILES string of the molecule is Cc1ccc(C(CN)N(Cc2ccccc2)C(C)C)cc1. The maximum absolute atomic E-state index is 6.09. The van der Waals surface area contributed by atoms with E-state index in [-0.39, 0.29) is 6.04 Å². The Morgan fingerprint density at radius 3 is 2.10 bits per heavy atom. The molecule has 0 amide bonds. The number of hydrogen-bond acceptors (Lipinski definition) is 2. The minimum Gasteiger partial charge on any atom is -0.329 e. The molecule has 0 heterocycles. The van der Waals surface area contributed by atoms with Gasteiger partial charge in [-0.15, -0.1) is 0 Å². The van der Waals surface area contributed by atoms with Crippen LogP contribution in [0.2, 0.25) is 0 Å². The van der Waals surface area contributed by atoms with Crippen LogP contribution in [0.4, 0.5) is 0 Å². The Kier molecular flexibility index (Phi) is 5.54. The Labute approximate surface area is 128 Å². The second kappa shape index (κ2) is 7.39. The quantitative estimate of drug-likeness (QED) is 0.870. The summed E-state index contributed by atoms with van der Waals surface area (Å²) >= 11 is 0. The molecule has 0 spiro atoms. The van der Waals surface area contributed by atoms with E-state index in [1.807, 2.05) is 0 Å². The number of nitrogens with zero attached hydrogens (tertiary/aromatic N) is 1. The summed E-state index contributed by atoms with van der Waals surface area (Å²) in [6.07, 6.45) is 0. The van der Waals surface area contributed by atoms with Gasteiger partial charge in [0, 0.05) is 25.2 Å². The normalized spacial score (nSPS) is 12.9. The first-order valence-electron chi connectivity index (χ1n) is 7.68. The van der Waals surface area contributed by atoms with Crippen LogP contribution in [-0.4, -0.2) is 17.5 Å². The number of hydrogen-bond donors (Lipinski definition) is 1. The molecular formula is C19H26N2. The van der Waals surface area contributed by atoms with Crippen LogP contribution in [0.25, 0.3) is 0 Å². The summed E-state index contributed by atoms with van der Waals surface area (Å²) in [7, 11) is 0. The lowest BCUT2D eigenvalue weighted by molar-refractivity contribution is 0.148. The van der Waals surface area contributed by atoms with Crippen molar-refractivity contribution in [2.24, 2.45) is 5.73 Å². The average Bonchev–Trinajstić information content (AvgIpc) is 2.49. The van der Waals surface area contributed by atoms with E-state index in [0.717, 1.165) is 6.54 Å². The highest BCUT2D eigenvalue weighted by atomic mass is 15.2. The van der Waals surface area contributed by atoms with Crippen LogP contribution in [0.1, 0.15) is 36.6 Å². The fraction of sp³-hybridized carbons (Fsp3) is 0.368. The van der Waals surface area contributed by atoms with Crippen molar-refractivity contribution in [2.75, 3.05) is 6.54 Å². The molecule has 2 N–H and O–H groups in total. The third-order valence-electron chi connectivity index (χ3n) is 3.96. The summed E-state index contributed by atoms with van der Waals surface area (Å²) in [5.41, 5.74) is 10.0. The molecule has 0 radical (unpaired) electrons. The van der Waals surface area contributed by atoms with E-state index in [1.54, 1.807) is 0 Å². The van der Waals surface area contributed by atoms with Crippen LogP contribution in [0.3, 0.4) is 0 Å². The molecular weight excluding hydrogens is 256 g/mol.